The molecule has 0 radical (unpaired) electrons. The Kier molecular flexibility index (Phi) is 5.37. The standard InChI is InChI=1S/C17H19BrN2S/c1-12(2)20(11-13-6-4-3-5-7-13)14-8-9-15(17(19)21)16(18)10-14/h3-10,12H,11H2,1-2H3,(H2,19,21). The summed E-state index contributed by atoms with van der Waals surface area (Å²) >= 11 is 8.61. The molecule has 0 aromatic heterocycles. The molecule has 4 heteroatoms. The summed E-state index contributed by atoms with van der Waals surface area (Å²) in [4.78, 5) is 2.76. The second kappa shape index (κ2) is 7.05. The van der Waals surface area contributed by atoms with Crippen molar-refractivity contribution in [3.63, 3.8) is 0 Å². The second-order valence-corrected chi connectivity index (χ2v) is 6.53. The van der Waals surface area contributed by atoms with E-state index in [-0.39, 0.29) is 0 Å². The predicted octanol–water partition coefficient (Wildman–Crippen LogP) is 4.50. The van der Waals surface area contributed by atoms with E-state index in [1.165, 1.54) is 5.56 Å². The number of nitrogens with zero attached hydrogens (tertiary/aromatic N) is 1. The third-order valence-corrected chi connectivity index (χ3v) is 4.24. The Morgan fingerprint density at radius 3 is 2.38 bits per heavy atom. The van der Waals surface area contributed by atoms with Gasteiger partial charge >= 0.3 is 0 Å². The molecule has 2 aromatic carbocycles. The van der Waals surface area contributed by atoms with Gasteiger partial charge in [0.2, 0.25) is 0 Å². The van der Waals surface area contributed by atoms with Crippen molar-refractivity contribution in [3.8, 4) is 0 Å². The van der Waals surface area contributed by atoms with Crippen molar-refractivity contribution < 1.29 is 0 Å². The van der Waals surface area contributed by atoms with Crippen molar-refractivity contribution in [1.29, 1.82) is 0 Å². The fourth-order valence-electron chi connectivity index (χ4n) is 2.23. The first kappa shape index (κ1) is 16.0. The normalized spacial score (nSPS) is 10.7. The Hall–Kier alpha value is -1.39. The van der Waals surface area contributed by atoms with Gasteiger partial charge in [-0.15, -0.1) is 0 Å². The van der Waals surface area contributed by atoms with Crippen LogP contribution in [0.2, 0.25) is 0 Å². The van der Waals surface area contributed by atoms with Gasteiger partial charge in [-0.2, -0.15) is 0 Å². The minimum absolute atomic E-state index is 0.396. The van der Waals surface area contributed by atoms with Gasteiger partial charge in [0.05, 0.1) is 0 Å². The van der Waals surface area contributed by atoms with Gasteiger partial charge < -0.3 is 10.6 Å². The van der Waals surface area contributed by atoms with E-state index in [9.17, 15) is 0 Å². The largest absolute Gasteiger partial charge is 0.389 e. The van der Waals surface area contributed by atoms with Crippen LogP contribution in [-0.4, -0.2) is 11.0 Å². The minimum Gasteiger partial charge on any atom is -0.389 e. The average molecular weight is 363 g/mol. The first-order chi connectivity index (χ1) is 9.99. The number of nitrogens with two attached hydrogens (primary N) is 1. The highest BCUT2D eigenvalue weighted by Gasteiger charge is 2.13. The van der Waals surface area contributed by atoms with Crippen molar-refractivity contribution in [2.24, 2.45) is 5.73 Å². The van der Waals surface area contributed by atoms with Gasteiger partial charge in [0.1, 0.15) is 4.99 Å². The van der Waals surface area contributed by atoms with Crippen LogP contribution in [0.3, 0.4) is 0 Å². The maximum Gasteiger partial charge on any atom is 0.105 e. The van der Waals surface area contributed by atoms with E-state index < -0.39 is 0 Å². The molecule has 0 saturated heterocycles. The number of rotatable bonds is 5. The number of anilines is 1. The molecule has 0 spiro atoms. The van der Waals surface area contributed by atoms with E-state index in [1.807, 2.05) is 12.1 Å². The zero-order valence-corrected chi connectivity index (χ0v) is 14.6. The van der Waals surface area contributed by atoms with Crippen LogP contribution < -0.4 is 10.6 Å². The highest BCUT2D eigenvalue weighted by Crippen LogP contribution is 2.27. The highest BCUT2D eigenvalue weighted by atomic mass is 79.9. The lowest BCUT2D eigenvalue weighted by atomic mass is 10.1. The maximum atomic E-state index is 5.71. The van der Waals surface area contributed by atoms with Crippen LogP contribution in [0, 0.1) is 0 Å². The third kappa shape index (κ3) is 4.05. The molecule has 0 saturated carbocycles. The Labute approximate surface area is 140 Å². The molecule has 0 unspecified atom stereocenters. The smallest absolute Gasteiger partial charge is 0.105 e. The quantitative estimate of drug-likeness (QED) is 0.794. The highest BCUT2D eigenvalue weighted by molar-refractivity contribution is 9.10. The summed E-state index contributed by atoms with van der Waals surface area (Å²) in [6.07, 6.45) is 0. The molecule has 0 aliphatic heterocycles. The maximum absolute atomic E-state index is 5.71. The van der Waals surface area contributed by atoms with Gasteiger partial charge in [-0.25, -0.2) is 0 Å². The molecule has 2 nitrogen and oxygen atoms in total. The third-order valence-electron chi connectivity index (χ3n) is 3.37. The monoisotopic (exact) mass is 362 g/mol. The Balaban J connectivity index is 2.31. The van der Waals surface area contributed by atoms with Crippen molar-refractivity contribution in [2.45, 2.75) is 26.4 Å². The van der Waals surface area contributed by atoms with Crippen molar-refractivity contribution in [3.05, 3.63) is 64.1 Å². The number of halogens is 1. The summed E-state index contributed by atoms with van der Waals surface area (Å²) in [6, 6.07) is 17.0. The summed E-state index contributed by atoms with van der Waals surface area (Å²) < 4.78 is 0.936. The summed E-state index contributed by atoms with van der Waals surface area (Å²) in [5.41, 5.74) is 9.03. The fraction of sp³-hybridized carbons (Fsp3) is 0.235. The van der Waals surface area contributed by atoms with E-state index in [4.69, 9.17) is 18.0 Å². The van der Waals surface area contributed by atoms with Gasteiger partial charge in [0.15, 0.2) is 0 Å². The molecule has 0 aliphatic carbocycles. The van der Waals surface area contributed by atoms with Crippen LogP contribution in [0.4, 0.5) is 5.69 Å². The average Bonchev–Trinajstić information content (AvgIpc) is 2.45. The van der Waals surface area contributed by atoms with E-state index in [2.05, 4.69) is 71.1 Å². The van der Waals surface area contributed by atoms with Gasteiger partial charge in [-0.1, -0.05) is 42.5 Å². The lowest BCUT2D eigenvalue weighted by Crippen LogP contribution is -2.30. The number of hydrogen-bond donors (Lipinski definition) is 1. The zero-order chi connectivity index (χ0) is 15.4. The second-order valence-electron chi connectivity index (χ2n) is 5.24. The molecule has 0 heterocycles. The number of benzene rings is 2. The fourth-order valence-corrected chi connectivity index (χ4v) is 3.12. The number of thiocarbonyl (C=S) groups is 1. The molecule has 2 aromatic rings. The van der Waals surface area contributed by atoms with Gasteiger partial charge in [0.25, 0.3) is 0 Å². The zero-order valence-electron chi connectivity index (χ0n) is 12.2. The molecular weight excluding hydrogens is 344 g/mol. The molecule has 0 fully saturated rings. The Bertz CT molecular complexity index is 626. The first-order valence-electron chi connectivity index (χ1n) is 6.89. The van der Waals surface area contributed by atoms with Crippen LogP contribution in [0.15, 0.2) is 53.0 Å². The molecule has 0 aliphatic rings. The van der Waals surface area contributed by atoms with Crippen molar-refractivity contribution in [2.75, 3.05) is 4.90 Å². The SMILES string of the molecule is CC(C)N(Cc1ccccc1)c1ccc(C(N)=S)c(Br)c1. The van der Waals surface area contributed by atoms with Gasteiger partial charge in [-0.05, 0) is 53.5 Å². The van der Waals surface area contributed by atoms with E-state index in [0.29, 0.717) is 11.0 Å². The predicted molar refractivity (Wildman–Crippen MR) is 97.8 cm³/mol. The van der Waals surface area contributed by atoms with Crippen LogP contribution in [0.5, 0.6) is 0 Å². The Morgan fingerprint density at radius 1 is 1.19 bits per heavy atom. The minimum atomic E-state index is 0.396. The molecular formula is C17H19BrN2S. The van der Waals surface area contributed by atoms with Crippen LogP contribution in [-0.2, 0) is 6.54 Å². The molecule has 2 rings (SSSR count). The summed E-state index contributed by atoms with van der Waals surface area (Å²) in [5, 5.41) is 0. The van der Waals surface area contributed by atoms with Crippen LogP contribution in [0.25, 0.3) is 0 Å². The lowest BCUT2D eigenvalue weighted by Gasteiger charge is -2.29. The molecule has 2 N–H and O–H groups in total. The molecule has 0 bridgehead atoms. The first-order valence-corrected chi connectivity index (χ1v) is 8.09. The van der Waals surface area contributed by atoms with E-state index >= 15 is 0 Å². The molecule has 21 heavy (non-hydrogen) atoms. The van der Waals surface area contributed by atoms with Gasteiger partial charge in [-0.3, -0.25) is 0 Å². The van der Waals surface area contributed by atoms with Gasteiger partial charge in [0, 0.05) is 28.3 Å². The topological polar surface area (TPSA) is 29.3 Å². The van der Waals surface area contributed by atoms with Crippen molar-refractivity contribution >= 4 is 38.8 Å². The van der Waals surface area contributed by atoms with Crippen LogP contribution in [0.1, 0.15) is 25.0 Å². The Morgan fingerprint density at radius 2 is 1.86 bits per heavy atom. The van der Waals surface area contributed by atoms with E-state index in [1.54, 1.807) is 0 Å². The summed E-state index contributed by atoms with van der Waals surface area (Å²) in [5.74, 6) is 0. The van der Waals surface area contributed by atoms with Crippen molar-refractivity contribution in [1.82, 2.24) is 0 Å². The lowest BCUT2D eigenvalue weighted by molar-refractivity contribution is 0.682. The molecule has 0 atom stereocenters. The van der Waals surface area contributed by atoms with Crippen LogP contribution >= 0.6 is 28.1 Å². The molecule has 0 amide bonds. The molecule has 110 valence electrons. The van der Waals surface area contributed by atoms with E-state index in [0.717, 1.165) is 22.3 Å². The summed E-state index contributed by atoms with van der Waals surface area (Å²) in [6.45, 7) is 5.26. The summed E-state index contributed by atoms with van der Waals surface area (Å²) in [7, 11) is 0. The number of hydrogen-bond acceptors (Lipinski definition) is 2.